The average molecular weight is 330 g/mol. The third-order valence-electron chi connectivity index (χ3n) is 3.31. The van der Waals surface area contributed by atoms with E-state index in [9.17, 15) is 14.4 Å². The molecule has 0 bridgehead atoms. The Morgan fingerprint density at radius 1 is 0.913 bits per heavy atom. The summed E-state index contributed by atoms with van der Waals surface area (Å²) in [5.41, 5.74) is 0. The van der Waals surface area contributed by atoms with Crippen LogP contribution >= 0.6 is 0 Å². The van der Waals surface area contributed by atoms with E-state index in [2.05, 4.69) is 10.6 Å². The van der Waals surface area contributed by atoms with Crippen molar-refractivity contribution in [1.82, 2.24) is 10.6 Å². The summed E-state index contributed by atoms with van der Waals surface area (Å²) in [7, 11) is 0. The highest BCUT2D eigenvalue weighted by Crippen LogP contribution is 2.07. The van der Waals surface area contributed by atoms with Gasteiger partial charge < -0.3 is 20.1 Å². The highest BCUT2D eigenvalue weighted by molar-refractivity contribution is 5.78. The Morgan fingerprint density at radius 2 is 1.61 bits per heavy atom. The molecule has 0 saturated heterocycles. The molecule has 134 valence electrons. The first-order chi connectivity index (χ1) is 10.9. The van der Waals surface area contributed by atoms with Crippen LogP contribution in [-0.4, -0.2) is 57.1 Å². The molecule has 7 nitrogen and oxygen atoms in total. The fraction of sp³-hybridized carbons (Fsp3) is 0.812. The molecular formula is C16H30N2O5. The maximum Gasteiger partial charge on any atom is 0.245 e. The van der Waals surface area contributed by atoms with Crippen LogP contribution in [0.2, 0.25) is 0 Å². The summed E-state index contributed by atoms with van der Waals surface area (Å²) in [5, 5.41) is 5.39. The zero-order valence-electron chi connectivity index (χ0n) is 14.5. The van der Waals surface area contributed by atoms with Gasteiger partial charge in [0.05, 0.1) is 19.8 Å². The lowest BCUT2D eigenvalue weighted by Gasteiger charge is -2.09. The van der Waals surface area contributed by atoms with Crippen molar-refractivity contribution in [3.05, 3.63) is 0 Å². The lowest BCUT2D eigenvalue weighted by atomic mass is 10.0. The molecule has 2 amide bonds. The van der Waals surface area contributed by atoms with E-state index in [1.165, 1.54) is 6.92 Å². The van der Waals surface area contributed by atoms with E-state index < -0.39 is 0 Å². The lowest BCUT2D eigenvalue weighted by molar-refractivity contribution is -0.126. The smallest absolute Gasteiger partial charge is 0.245 e. The second kappa shape index (κ2) is 14.1. The summed E-state index contributed by atoms with van der Waals surface area (Å²) in [6.07, 6.45) is 2.64. The molecule has 1 unspecified atom stereocenters. The number of nitrogens with one attached hydrogen (secondary N) is 2. The number of carbonyl (C=O) groups is 3. The van der Waals surface area contributed by atoms with Crippen LogP contribution < -0.4 is 10.6 Å². The predicted molar refractivity (Wildman–Crippen MR) is 87.0 cm³/mol. The summed E-state index contributed by atoms with van der Waals surface area (Å²) in [5.74, 6) is 0.0709. The first-order valence-electron chi connectivity index (χ1n) is 8.10. The van der Waals surface area contributed by atoms with Crippen LogP contribution in [0.15, 0.2) is 0 Å². The normalized spacial score (nSPS) is 11.8. The third-order valence-corrected chi connectivity index (χ3v) is 3.31. The Labute approximate surface area is 138 Å². The van der Waals surface area contributed by atoms with Gasteiger partial charge in [-0.05, 0) is 19.8 Å². The standard InChI is InChI=1S/C16H30N2O5/c1-13(14(2)19)6-4-5-7-18-16(21)12-23-11-10-22-9-8-17-15(3)20/h13H,4-12H2,1-3H3,(H,17,20)(H,18,21). The van der Waals surface area contributed by atoms with Gasteiger partial charge in [0, 0.05) is 25.9 Å². The third kappa shape index (κ3) is 15.2. The fourth-order valence-electron chi connectivity index (χ4n) is 1.74. The Kier molecular flexibility index (Phi) is 13.2. The summed E-state index contributed by atoms with van der Waals surface area (Å²) in [6, 6.07) is 0. The molecule has 0 aliphatic rings. The van der Waals surface area contributed by atoms with Crippen molar-refractivity contribution in [1.29, 1.82) is 0 Å². The number of unbranched alkanes of at least 4 members (excludes halogenated alkanes) is 1. The second-order valence-electron chi connectivity index (χ2n) is 5.51. The van der Waals surface area contributed by atoms with Crippen LogP contribution in [0.4, 0.5) is 0 Å². The number of Topliss-reactive ketones (excluding diaryl/α,β-unsaturated/α-hetero) is 1. The molecule has 0 spiro atoms. The molecule has 0 aliphatic carbocycles. The van der Waals surface area contributed by atoms with Crippen LogP contribution in [0.3, 0.4) is 0 Å². The zero-order chi connectivity index (χ0) is 17.5. The number of carbonyl (C=O) groups excluding carboxylic acids is 3. The van der Waals surface area contributed by atoms with Gasteiger partial charge in [0.15, 0.2) is 0 Å². The topological polar surface area (TPSA) is 93.7 Å². The minimum atomic E-state index is -0.150. The molecule has 0 fully saturated rings. The summed E-state index contributed by atoms with van der Waals surface area (Å²) >= 11 is 0. The predicted octanol–water partition coefficient (Wildman–Crippen LogP) is 0.667. The minimum Gasteiger partial charge on any atom is -0.377 e. The van der Waals surface area contributed by atoms with E-state index in [-0.39, 0.29) is 30.1 Å². The molecular weight excluding hydrogens is 300 g/mol. The molecule has 0 rings (SSSR count). The van der Waals surface area contributed by atoms with Crippen LogP contribution in [0, 0.1) is 5.92 Å². The van der Waals surface area contributed by atoms with Gasteiger partial charge in [0.25, 0.3) is 0 Å². The number of hydrogen-bond donors (Lipinski definition) is 2. The van der Waals surface area contributed by atoms with Crippen molar-refractivity contribution in [3.8, 4) is 0 Å². The maximum atomic E-state index is 11.5. The van der Waals surface area contributed by atoms with E-state index in [0.717, 1.165) is 19.3 Å². The van der Waals surface area contributed by atoms with Gasteiger partial charge in [-0.15, -0.1) is 0 Å². The van der Waals surface area contributed by atoms with Gasteiger partial charge >= 0.3 is 0 Å². The lowest BCUT2D eigenvalue weighted by Crippen LogP contribution is -2.29. The highest BCUT2D eigenvalue weighted by atomic mass is 16.5. The van der Waals surface area contributed by atoms with Crippen molar-refractivity contribution in [2.75, 3.05) is 39.5 Å². The fourth-order valence-corrected chi connectivity index (χ4v) is 1.74. The van der Waals surface area contributed by atoms with Crippen molar-refractivity contribution in [2.24, 2.45) is 5.92 Å². The number of hydrogen-bond acceptors (Lipinski definition) is 5. The SMILES string of the molecule is CC(=O)NCCOCCOCC(=O)NCCCCC(C)C(C)=O. The number of amides is 2. The Balaban J connectivity index is 3.31. The molecule has 0 saturated carbocycles. The molecule has 0 radical (unpaired) electrons. The second-order valence-corrected chi connectivity index (χ2v) is 5.51. The van der Waals surface area contributed by atoms with E-state index in [0.29, 0.717) is 32.9 Å². The molecule has 0 aliphatic heterocycles. The minimum absolute atomic E-state index is 0.0128. The van der Waals surface area contributed by atoms with E-state index >= 15 is 0 Å². The van der Waals surface area contributed by atoms with Crippen LogP contribution in [-0.2, 0) is 23.9 Å². The summed E-state index contributed by atoms with van der Waals surface area (Å²) in [6.45, 7) is 7.20. The first kappa shape index (κ1) is 21.5. The van der Waals surface area contributed by atoms with Gasteiger partial charge in [0.2, 0.25) is 11.8 Å². The van der Waals surface area contributed by atoms with E-state index in [1.54, 1.807) is 6.92 Å². The van der Waals surface area contributed by atoms with Crippen molar-refractivity contribution < 1.29 is 23.9 Å². The summed E-state index contributed by atoms with van der Waals surface area (Å²) in [4.78, 5) is 33.1. The Morgan fingerprint density at radius 3 is 2.26 bits per heavy atom. The van der Waals surface area contributed by atoms with Gasteiger partial charge in [-0.1, -0.05) is 13.3 Å². The molecule has 0 aromatic rings. The van der Waals surface area contributed by atoms with Gasteiger partial charge in [-0.3, -0.25) is 14.4 Å². The van der Waals surface area contributed by atoms with Crippen LogP contribution in [0.1, 0.15) is 40.0 Å². The van der Waals surface area contributed by atoms with E-state index in [1.807, 2.05) is 6.92 Å². The highest BCUT2D eigenvalue weighted by Gasteiger charge is 2.06. The monoisotopic (exact) mass is 330 g/mol. The molecule has 23 heavy (non-hydrogen) atoms. The maximum absolute atomic E-state index is 11.5. The molecule has 0 heterocycles. The van der Waals surface area contributed by atoms with Crippen LogP contribution in [0.5, 0.6) is 0 Å². The Hall–Kier alpha value is -1.47. The molecule has 1 atom stereocenters. The van der Waals surface area contributed by atoms with Crippen molar-refractivity contribution in [2.45, 2.75) is 40.0 Å². The van der Waals surface area contributed by atoms with Crippen LogP contribution in [0.25, 0.3) is 0 Å². The quantitative estimate of drug-likeness (QED) is 0.457. The van der Waals surface area contributed by atoms with Gasteiger partial charge in [-0.25, -0.2) is 0 Å². The van der Waals surface area contributed by atoms with E-state index in [4.69, 9.17) is 9.47 Å². The van der Waals surface area contributed by atoms with Crippen molar-refractivity contribution >= 4 is 17.6 Å². The molecule has 7 heteroatoms. The number of ether oxygens (including phenoxy) is 2. The average Bonchev–Trinajstić information content (AvgIpc) is 2.48. The molecule has 0 aromatic carbocycles. The Bertz CT molecular complexity index is 360. The van der Waals surface area contributed by atoms with Gasteiger partial charge in [0.1, 0.15) is 12.4 Å². The first-order valence-corrected chi connectivity index (χ1v) is 8.10. The molecule has 0 aromatic heterocycles. The summed E-state index contributed by atoms with van der Waals surface area (Å²) < 4.78 is 10.4. The molecule has 2 N–H and O–H groups in total. The zero-order valence-corrected chi connectivity index (χ0v) is 14.5. The van der Waals surface area contributed by atoms with Gasteiger partial charge in [-0.2, -0.15) is 0 Å². The largest absolute Gasteiger partial charge is 0.377 e. The number of rotatable bonds is 14. The number of ketones is 1. The van der Waals surface area contributed by atoms with Crippen molar-refractivity contribution in [3.63, 3.8) is 0 Å².